The van der Waals surface area contributed by atoms with E-state index in [0.717, 1.165) is 24.8 Å². The summed E-state index contributed by atoms with van der Waals surface area (Å²) in [5.41, 5.74) is 3.33. The fourth-order valence-corrected chi connectivity index (χ4v) is 3.80. The van der Waals surface area contributed by atoms with Crippen LogP contribution in [0.5, 0.6) is 5.75 Å². The summed E-state index contributed by atoms with van der Waals surface area (Å²) in [5.74, 6) is -3.13. The number of carboxylic acids is 2. The second-order valence-corrected chi connectivity index (χ2v) is 8.53. The van der Waals surface area contributed by atoms with E-state index in [4.69, 9.17) is 40.9 Å². The topological polar surface area (TPSA) is 154 Å². The van der Waals surface area contributed by atoms with Gasteiger partial charge >= 0.3 is 11.9 Å². The molecule has 3 rings (SSSR count). The molecule has 2 atom stereocenters. The molecule has 0 heterocycles. The number of carbonyl (C=O) groups is 3. The summed E-state index contributed by atoms with van der Waals surface area (Å²) in [6.07, 6.45) is 2.24. The number of aliphatic hydroxyl groups is 1. The third-order valence-corrected chi connectivity index (χ3v) is 5.66. The highest BCUT2D eigenvalue weighted by Crippen LogP contribution is 2.26. The molecule has 0 saturated heterocycles. The molecule has 2 aromatic rings. The molecule has 36 heavy (non-hydrogen) atoms. The molecule has 5 N–H and O–H groups in total. The molecule has 196 valence electrons. The first kappa shape index (κ1) is 29.1. The van der Waals surface area contributed by atoms with Crippen LogP contribution in [0.3, 0.4) is 0 Å². The van der Waals surface area contributed by atoms with Gasteiger partial charge in [0.1, 0.15) is 5.75 Å². The van der Waals surface area contributed by atoms with Crippen LogP contribution in [-0.4, -0.2) is 72.6 Å². The first-order valence-corrected chi connectivity index (χ1v) is 11.7. The van der Waals surface area contributed by atoms with Gasteiger partial charge in [0.2, 0.25) is 0 Å². The quantitative estimate of drug-likeness (QED) is 0.232. The maximum Gasteiger partial charge on any atom is 0.414 e. The third kappa shape index (κ3) is 10.2. The van der Waals surface area contributed by atoms with E-state index in [9.17, 15) is 9.90 Å². The number of aliphatic hydroxyl groups excluding tert-OH is 1. The van der Waals surface area contributed by atoms with Gasteiger partial charge in [-0.3, -0.25) is 4.79 Å². The van der Waals surface area contributed by atoms with Crippen molar-refractivity contribution in [2.24, 2.45) is 0 Å². The largest absolute Gasteiger partial charge is 0.484 e. The molecular formula is C25H31ClN2O8. The molecule has 0 aromatic heterocycles. The van der Waals surface area contributed by atoms with Gasteiger partial charge in [0.15, 0.2) is 6.61 Å². The van der Waals surface area contributed by atoms with Gasteiger partial charge in [-0.05, 0) is 60.2 Å². The number of amides is 1. The van der Waals surface area contributed by atoms with Crippen LogP contribution in [-0.2, 0) is 32.0 Å². The van der Waals surface area contributed by atoms with E-state index in [1.54, 1.807) is 19.2 Å². The number of aryl methyl sites for hydroxylation is 1. The second kappa shape index (κ2) is 15.0. The molecule has 0 aliphatic heterocycles. The lowest BCUT2D eigenvalue weighted by Gasteiger charge is -2.27. The Morgan fingerprint density at radius 2 is 1.86 bits per heavy atom. The third-order valence-electron chi connectivity index (χ3n) is 5.42. The predicted molar refractivity (Wildman–Crippen MR) is 132 cm³/mol. The van der Waals surface area contributed by atoms with Crippen LogP contribution in [0.15, 0.2) is 42.5 Å². The van der Waals surface area contributed by atoms with Crippen LogP contribution in [0, 0.1) is 0 Å². The Morgan fingerprint density at radius 1 is 1.11 bits per heavy atom. The van der Waals surface area contributed by atoms with Crippen molar-refractivity contribution in [1.82, 2.24) is 10.6 Å². The number of hydrogen-bond donors (Lipinski definition) is 5. The van der Waals surface area contributed by atoms with Gasteiger partial charge in [0.05, 0.1) is 12.7 Å². The Hall–Kier alpha value is -3.18. The van der Waals surface area contributed by atoms with Crippen molar-refractivity contribution in [1.29, 1.82) is 0 Å². The van der Waals surface area contributed by atoms with Crippen molar-refractivity contribution in [3.63, 3.8) is 0 Å². The highest BCUT2D eigenvalue weighted by atomic mass is 35.5. The van der Waals surface area contributed by atoms with Crippen molar-refractivity contribution in [3.8, 4) is 5.75 Å². The van der Waals surface area contributed by atoms with Crippen molar-refractivity contribution in [2.75, 3.05) is 33.4 Å². The fourth-order valence-electron chi connectivity index (χ4n) is 3.60. The molecular weight excluding hydrogens is 492 g/mol. The first-order valence-electron chi connectivity index (χ1n) is 11.3. The van der Waals surface area contributed by atoms with Crippen LogP contribution in [0.1, 0.15) is 29.2 Å². The highest BCUT2D eigenvalue weighted by Gasteiger charge is 2.20. The van der Waals surface area contributed by atoms with Crippen LogP contribution in [0.2, 0.25) is 5.02 Å². The van der Waals surface area contributed by atoms with E-state index in [2.05, 4.69) is 16.7 Å². The summed E-state index contributed by atoms with van der Waals surface area (Å²) in [7, 11) is 1.59. The maximum atomic E-state index is 11.8. The molecule has 1 unspecified atom stereocenters. The number of methoxy groups -OCH3 is 1. The number of rotatable bonds is 10. The van der Waals surface area contributed by atoms with Gasteiger partial charge in [0.25, 0.3) is 5.91 Å². The average Bonchev–Trinajstić information content (AvgIpc) is 2.86. The minimum absolute atomic E-state index is 0.0179. The zero-order chi connectivity index (χ0) is 26.5. The van der Waals surface area contributed by atoms with Crippen LogP contribution >= 0.6 is 11.6 Å². The Balaban J connectivity index is 0.000000678. The van der Waals surface area contributed by atoms with Gasteiger partial charge in [-0.25, -0.2) is 9.59 Å². The maximum absolute atomic E-state index is 11.8. The molecule has 1 amide bonds. The molecule has 0 radical (unpaired) electrons. The molecule has 0 fully saturated rings. The van der Waals surface area contributed by atoms with E-state index >= 15 is 0 Å². The lowest BCUT2D eigenvalue weighted by Crippen LogP contribution is -2.37. The molecule has 0 saturated carbocycles. The number of carboxylic acid groups (broad SMARTS) is 2. The first-order chi connectivity index (χ1) is 17.2. The van der Waals surface area contributed by atoms with Gasteiger partial charge in [-0.1, -0.05) is 29.8 Å². The lowest BCUT2D eigenvalue weighted by atomic mass is 9.88. The van der Waals surface area contributed by atoms with Crippen LogP contribution < -0.4 is 15.4 Å². The predicted octanol–water partition coefficient (Wildman–Crippen LogP) is 1.82. The molecule has 0 bridgehead atoms. The van der Waals surface area contributed by atoms with E-state index in [1.165, 1.54) is 11.1 Å². The summed E-state index contributed by atoms with van der Waals surface area (Å²) in [6.45, 7) is 1.40. The van der Waals surface area contributed by atoms with Crippen molar-refractivity contribution in [2.45, 2.75) is 31.4 Å². The number of aliphatic carboxylic acids is 2. The summed E-state index contributed by atoms with van der Waals surface area (Å²) in [6, 6.07) is 13.6. The van der Waals surface area contributed by atoms with Crippen LogP contribution in [0.25, 0.3) is 0 Å². The zero-order valence-corrected chi connectivity index (χ0v) is 20.7. The van der Waals surface area contributed by atoms with E-state index in [0.29, 0.717) is 30.5 Å². The molecule has 2 aromatic carbocycles. The molecule has 1 aliphatic carbocycles. The summed E-state index contributed by atoms with van der Waals surface area (Å²) in [5, 5.41) is 32.0. The number of halogens is 1. The molecule has 0 spiro atoms. The fraction of sp³-hybridized carbons (Fsp3) is 0.400. The standard InChI is InChI=1S/C23H29ClN2O4.C2H2O4/c1-29-10-9-25-23(28)15-30-21-8-6-16-5-7-20(12-18(16)13-21)26-14-22(27)17-3-2-4-19(24)11-17;3-1(4)2(5)6/h2-4,6,8,11,13,20,22,26-27H,5,7,9-10,12,14-15H2,1H3,(H,25,28);(H,3,4)(H,5,6)/t20?,22-;/m0./s1. The van der Waals surface area contributed by atoms with Crippen LogP contribution in [0.4, 0.5) is 0 Å². The highest BCUT2D eigenvalue weighted by molar-refractivity contribution is 6.30. The zero-order valence-electron chi connectivity index (χ0n) is 19.9. The molecule has 11 heteroatoms. The number of carbonyl (C=O) groups excluding carboxylic acids is 1. The second-order valence-electron chi connectivity index (χ2n) is 8.09. The van der Waals surface area contributed by atoms with E-state index in [1.807, 2.05) is 24.3 Å². The minimum Gasteiger partial charge on any atom is -0.484 e. The number of ether oxygens (including phenoxy) is 2. The van der Waals surface area contributed by atoms with E-state index in [-0.39, 0.29) is 18.6 Å². The Kier molecular flexibility index (Phi) is 12.1. The van der Waals surface area contributed by atoms with Gasteiger partial charge in [0, 0.05) is 31.3 Å². The van der Waals surface area contributed by atoms with Crippen molar-refractivity contribution < 1.29 is 39.2 Å². The summed E-state index contributed by atoms with van der Waals surface area (Å²) in [4.78, 5) is 30.0. The average molecular weight is 523 g/mol. The Morgan fingerprint density at radius 3 is 2.53 bits per heavy atom. The normalized spacial score (nSPS) is 15.0. The monoisotopic (exact) mass is 522 g/mol. The summed E-state index contributed by atoms with van der Waals surface area (Å²) < 4.78 is 10.6. The number of fused-ring (bicyclic) bond motifs is 1. The van der Waals surface area contributed by atoms with Crippen molar-refractivity contribution >= 4 is 29.4 Å². The molecule has 1 aliphatic rings. The van der Waals surface area contributed by atoms with Crippen molar-refractivity contribution in [3.05, 3.63) is 64.2 Å². The summed E-state index contributed by atoms with van der Waals surface area (Å²) >= 11 is 6.01. The SMILES string of the molecule is COCCNC(=O)COc1ccc2c(c1)CC(NC[C@H](O)c1cccc(Cl)c1)CC2.O=C(O)C(=O)O. The number of nitrogens with one attached hydrogen (secondary N) is 2. The van der Waals surface area contributed by atoms with Gasteiger partial charge in [-0.2, -0.15) is 0 Å². The number of benzene rings is 2. The lowest BCUT2D eigenvalue weighted by molar-refractivity contribution is -0.159. The van der Waals surface area contributed by atoms with Gasteiger partial charge in [-0.15, -0.1) is 0 Å². The Labute approximate surface area is 214 Å². The van der Waals surface area contributed by atoms with E-state index < -0.39 is 18.0 Å². The molecule has 10 nitrogen and oxygen atoms in total. The smallest absolute Gasteiger partial charge is 0.414 e. The minimum atomic E-state index is -1.82. The number of hydrogen-bond acceptors (Lipinski definition) is 7. The van der Waals surface area contributed by atoms with Gasteiger partial charge < -0.3 is 35.4 Å². The Bertz CT molecular complexity index is 1020.